The number of aromatic nitrogens is 4. The predicted molar refractivity (Wildman–Crippen MR) is 119 cm³/mol. The number of guanidine groups is 1. The SMILES string of the molecule is CN=C(NCc1ccc(-n2ccnc2)nc1)NCc1ncc(C(C)(C)C)o1.I. The molecule has 0 spiro atoms. The first-order valence-corrected chi connectivity index (χ1v) is 8.78. The third-order valence-electron chi connectivity index (χ3n) is 3.96. The second-order valence-corrected chi connectivity index (χ2v) is 7.14. The first-order chi connectivity index (χ1) is 13.0. The molecule has 8 nitrogen and oxygen atoms in total. The molecule has 0 bridgehead atoms. The summed E-state index contributed by atoms with van der Waals surface area (Å²) in [6.45, 7) is 7.36. The Kier molecular flexibility index (Phi) is 7.55. The van der Waals surface area contributed by atoms with E-state index in [-0.39, 0.29) is 29.4 Å². The third-order valence-corrected chi connectivity index (χ3v) is 3.96. The van der Waals surface area contributed by atoms with Crippen LogP contribution in [-0.4, -0.2) is 32.5 Å². The zero-order chi connectivity index (χ0) is 19.3. The van der Waals surface area contributed by atoms with Crippen LogP contribution in [0.2, 0.25) is 0 Å². The molecule has 3 aromatic rings. The molecule has 0 saturated heterocycles. The molecule has 9 heteroatoms. The van der Waals surface area contributed by atoms with E-state index in [0.717, 1.165) is 17.1 Å². The van der Waals surface area contributed by atoms with Crippen molar-refractivity contribution >= 4 is 29.9 Å². The molecule has 0 radical (unpaired) electrons. The molecule has 0 unspecified atom stereocenters. The number of hydrogen-bond donors (Lipinski definition) is 2. The standard InChI is InChI=1S/C19H25N7O.HI/c1-19(2,3)15-11-23-17(27-15)12-25-18(20-4)24-10-14-5-6-16(22-9-14)26-8-7-21-13-26;/h5-9,11,13H,10,12H2,1-4H3,(H2,20,24,25);1H. The van der Waals surface area contributed by atoms with Gasteiger partial charge in [0.15, 0.2) is 5.96 Å². The highest BCUT2D eigenvalue weighted by Gasteiger charge is 2.19. The lowest BCUT2D eigenvalue weighted by atomic mass is 9.94. The van der Waals surface area contributed by atoms with Crippen molar-refractivity contribution in [2.24, 2.45) is 4.99 Å². The normalized spacial score (nSPS) is 11.8. The lowest BCUT2D eigenvalue weighted by molar-refractivity contribution is 0.379. The first kappa shape index (κ1) is 21.9. The molecule has 0 aliphatic heterocycles. The van der Waals surface area contributed by atoms with E-state index in [4.69, 9.17) is 4.42 Å². The van der Waals surface area contributed by atoms with Crippen LogP contribution in [0.15, 0.2) is 52.7 Å². The quantitative estimate of drug-likeness (QED) is 0.321. The van der Waals surface area contributed by atoms with E-state index < -0.39 is 0 Å². The van der Waals surface area contributed by atoms with Crippen LogP contribution in [0, 0.1) is 0 Å². The zero-order valence-electron chi connectivity index (χ0n) is 16.5. The number of pyridine rings is 1. The minimum atomic E-state index is -0.0545. The molecular formula is C19H26IN7O. The van der Waals surface area contributed by atoms with Crippen molar-refractivity contribution in [3.05, 3.63) is 60.5 Å². The summed E-state index contributed by atoms with van der Waals surface area (Å²) in [6.07, 6.45) is 8.92. The summed E-state index contributed by atoms with van der Waals surface area (Å²) >= 11 is 0. The lowest BCUT2D eigenvalue weighted by Crippen LogP contribution is -2.36. The van der Waals surface area contributed by atoms with Crippen molar-refractivity contribution in [2.45, 2.75) is 39.3 Å². The maximum absolute atomic E-state index is 5.78. The Morgan fingerprint density at radius 3 is 2.50 bits per heavy atom. The number of oxazole rings is 1. The van der Waals surface area contributed by atoms with Gasteiger partial charge in [0.1, 0.15) is 17.9 Å². The summed E-state index contributed by atoms with van der Waals surface area (Å²) in [7, 11) is 1.73. The number of imidazole rings is 1. The topological polar surface area (TPSA) is 93.2 Å². The minimum Gasteiger partial charge on any atom is -0.443 e. The van der Waals surface area contributed by atoms with Crippen molar-refractivity contribution in [2.75, 3.05) is 7.05 Å². The molecule has 28 heavy (non-hydrogen) atoms. The van der Waals surface area contributed by atoms with Crippen LogP contribution in [0.3, 0.4) is 0 Å². The predicted octanol–water partition coefficient (Wildman–Crippen LogP) is 3.04. The summed E-state index contributed by atoms with van der Waals surface area (Å²) in [6, 6.07) is 3.97. The molecule has 0 aliphatic carbocycles. The molecule has 3 heterocycles. The van der Waals surface area contributed by atoms with Gasteiger partial charge in [-0.15, -0.1) is 24.0 Å². The van der Waals surface area contributed by atoms with Crippen LogP contribution >= 0.6 is 24.0 Å². The first-order valence-electron chi connectivity index (χ1n) is 8.78. The Hall–Kier alpha value is -2.43. The number of nitrogens with one attached hydrogen (secondary N) is 2. The fraction of sp³-hybridized carbons (Fsp3) is 0.368. The van der Waals surface area contributed by atoms with E-state index in [1.54, 1.807) is 25.8 Å². The van der Waals surface area contributed by atoms with Crippen molar-refractivity contribution in [1.82, 2.24) is 30.2 Å². The number of hydrogen-bond acceptors (Lipinski definition) is 5. The zero-order valence-corrected chi connectivity index (χ0v) is 18.8. The summed E-state index contributed by atoms with van der Waals surface area (Å²) in [4.78, 5) is 17.0. The second kappa shape index (κ2) is 9.67. The second-order valence-electron chi connectivity index (χ2n) is 7.14. The molecule has 0 fully saturated rings. The highest BCUT2D eigenvalue weighted by molar-refractivity contribution is 14.0. The Bertz CT molecular complexity index is 880. The average Bonchev–Trinajstić information content (AvgIpc) is 3.34. The Morgan fingerprint density at radius 2 is 1.93 bits per heavy atom. The van der Waals surface area contributed by atoms with Crippen LogP contribution < -0.4 is 10.6 Å². The molecule has 2 N–H and O–H groups in total. The summed E-state index contributed by atoms with van der Waals surface area (Å²) in [5, 5.41) is 6.46. The van der Waals surface area contributed by atoms with Crippen molar-refractivity contribution in [3.63, 3.8) is 0 Å². The van der Waals surface area contributed by atoms with Gasteiger partial charge in [-0.3, -0.25) is 9.56 Å². The molecule has 0 saturated carbocycles. The number of nitrogens with zero attached hydrogens (tertiary/aromatic N) is 5. The van der Waals surface area contributed by atoms with Crippen molar-refractivity contribution in [1.29, 1.82) is 0 Å². The van der Waals surface area contributed by atoms with E-state index in [1.165, 1.54) is 0 Å². The summed E-state index contributed by atoms with van der Waals surface area (Å²) in [5.74, 6) is 3.00. The van der Waals surface area contributed by atoms with Crippen molar-refractivity contribution in [3.8, 4) is 5.82 Å². The molecule has 0 amide bonds. The van der Waals surface area contributed by atoms with Gasteiger partial charge in [-0.2, -0.15) is 0 Å². The minimum absolute atomic E-state index is 0. The maximum atomic E-state index is 5.78. The molecular weight excluding hydrogens is 469 g/mol. The molecule has 0 aromatic carbocycles. The average molecular weight is 495 g/mol. The van der Waals surface area contributed by atoms with Gasteiger partial charge in [-0.25, -0.2) is 15.0 Å². The molecule has 0 aliphatic rings. The van der Waals surface area contributed by atoms with Gasteiger partial charge < -0.3 is 15.1 Å². The Morgan fingerprint density at radius 1 is 1.14 bits per heavy atom. The number of halogens is 1. The molecule has 0 atom stereocenters. The van der Waals surface area contributed by atoms with Gasteiger partial charge in [-0.05, 0) is 11.6 Å². The van der Waals surface area contributed by atoms with Gasteiger partial charge in [0.25, 0.3) is 0 Å². The van der Waals surface area contributed by atoms with E-state index in [2.05, 4.69) is 51.3 Å². The number of aliphatic imine (C=N–C) groups is 1. The van der Waals surface area contributed by atoms with Gasteiger partial charge in [0.2, 0.25) is 5.89 Å². The largest absolute Gasteiger partial charge is 0.443 e. The van der Waals surface area contributed by atoms with Crippen LogP contribution in [0.5, 0.6) is 0 Å². The summed E-state index contributed by atoms with van der Waals surface area (Å²) in [5.41, 5.74) is 0.995. The van der Waals surface area contributed by atoms with Gasteiger partial charge in [0, 0.05) is 37.6 Å². The highest BCUT2D eigenvalue weighted by Crippen LogP contribution is 2.22. The fourth-order valence-corrected chi connectivity index (χ4v) is 2.37. The maximum Gasteiger partial charge on any atom is 0.213 e. The van der Waals surface area contributed by atoms with Crippen molar-refractivity contribution < 1.29 is 4.42 Å². The van der Waals surface area contributed by atoms with Crippen LogP contribution in [0.25, 0.3) is 5.82 Å². The smallest absolute Gasteiger partial charge is 0.213 e. The van der Waals surface area contributed by atoms with E-state index in [0.29, 0.717) is 24.9 Å². The van der Waals surface area contributed by atoms with E-state index >= 15 is 0 Å². The monoisotopic (exact) mass is 495 g/mol. The molecule has 150 valence electrons. The Labute approximate surface area is 181 Å². The van der Waals surface area contributed by atoms with Crippen LogP contribution in [0.1, 0.15) is 38.0 Å². The van der Waals surface area contributed by atoms with E-state index in [1.807, 2.05) is 29.1 Å². The fourth-order valence-electron chi connectivity index (χ4n) is 2.37. The van der Waals surface area contributed by atoms with Crippen LogP contribution in [-0.2, 0) is 18.5 Å². The number of rotatable bonds is 5. The summed E-state index contributed by atoms with van der Waals surface area (Å²) < 4.78 is 7.64. The lowest BCUT2D eigenvalue weighted by Gasteiger charge is -2.13. The van der Waals surface area contributed by atoms with Gasteiger partial charge >= 0.3 is 0 Å². The molecule has 3 aromatic heterocycles. The van der Waals surface area contributed by atoms with Gasteiger partial charge in [0.05, 0.1) is 12.7 Å². The molecule has 3 rings (SSSR count). The third kappa shape index (κ3) is 5.78. The Balaban J connectivity index is 0.00000280. The van der Waals surface area contributed by atoms with Gasteiger partial charge in [-0.1, -0.05) is 26.8 Å². The van der Waals surface area contributed by atoms with E-state index in [9.17, 15) is 0 Å². The highest BCUT2D eigenvalue weighted by atomic mass is 127. The van der Waals surface area contributed by atoms with Crippen LogP contribution in [0.4, 0.5) is 0 Å².